The Kier molecular flexibility index (Phi) is 3.03. The minimum Gasteiger partial charge on any atom is -0.464 e. The van der Waals surface area contributed by atoms with Gasteiger partial charge in [0.1, 0.15) is 5.76 Å². The van der Waals surface area contributed by atoms with Crippen molar-refractivity contribution in [3.63, 3.8) is 0 Å². The number of hydrogen-bond acceptors (Lipinski definition) is 1. The third-order valence-electron chi connectivity index (χ3n) is 2.84. The molecule has 0 N–H and O–H groups in total. The number of halogens is 1. The summed E-state index contributed by atoms with van der Waals surface area (Å²) in [5.74, 6) is 0.897. The molecular formula is C16H11BrO. The van der Waals surface area contributed by atoms with E-state index in [0.717, 1.165) is 26.9 Å². The fraction of sp³-hybridized carbons (Fsp3) is 0. The lowest BCUT2D eigenvalue weighted by molar-refractivity contribution is 0.583. The van der Waals surface area contributed by atoms with Crippen LogP contribution in [0.3, 0.4) is 0 Å². The van der Waals surface area contributed by atoms with Crippen molar-refractivity contribution < 1.29 is 4.42 Å². The zero-order chi connectivity index (χ0) is 12.4. The minimum atomic E-state index is 0.897. The number of benzene rings is 2. The molecule has 1 heterocycles. The Labute approximate surface area is 114 Å². The molecule has 0 aliphatic rings. The van der Waals surface area contributed by atoms with Crippen LogP contribution in [0, 0.1) is 0 Å². The minimum absolute atomic E-state index is 0.897. The molecule has 0 unspecified atom stereocenters. The molecule has 0 aliphatic carbocycles. The van der Waals surface area contributed by atoms with Crippen LogP contribution in [0.2, 0.25) is 0 Å². The van der Waals surface area contributed by atoms with E-state index < -0.39 is 0 Å². The van der Waals surface area contributed by atoms with Gasteiger partial charge in [0.25, 0.3) is 0 Å². The molecule has 2 aromatic carbocycles. The van der Waals surface area contributed by atoms with E-state index in [1.165, 1.54) is 0 Å². The highest BCUT2D eigenvalue weighted by atomic mass is 79.9. The lowest BCUT2D eigenvalue weighted by Gasteiger charge is -1.96. The highest BCUT2D eigenvalue weighted by molar-refractivity contribution is 9.10. The van der Waals surface area contributed by atoms with Crippen molar-refractivity contribution in [1.82, 2.24) is 0 Å². The lowest BCUT2D eigenvalue weighted by atomic mass is 10.1. The molecule has 0 aliphatic heterocycles. The van der Waals surface area contributed by atoms with Crippen LogP contribution in [-0.2, 0) is 0 Å². The van der Waals surface area contributed by atoms with E-state index in [0.29, 0.717) is 0 Å². The fourth-order valence-corrected chi connectivity index (χ4v) is 2.15. The van der Waals surface area contributed by atoms with Crippen molar-refractivity contribution in [3.05, 3.63) is 71.4 Å². The SMILES string of the molecule is Brc1ccc(-c2coc(-c3ccccc3)c2)cc1. The Bertz CT molecular complexity index is 638. The topological polar surface area (TPSA) is 13.1 Å². The van der Waals surface area contributed by atoms with Gasteiger partial charge in [0.05, 0.1) is 6.26 Å². The summed E-state index contributed by atoms with van der Waals surface area (Å²) in [5.41, 5.74) is 3.35. The van der Waals surface area contributed by atoms with E-state index in [-0.39, 0.29) is 0 Å². The summed E-state index contributed by atoms with van der Waals surface area (Å²) in [6.45, 7) is 0. The first-order chi connectivity index (χ1) is 8.83. The predicted molar refractivity (Wildman–Crippen MR) is 77.3 cm³/mol. The molecule has 0 spiro atoms. The summed E-state index contributed by atoms with van der Waals surface area (Å²) >= 11 is 3.44. The van der Waals surface area contributed by atoms with Crippen LogP contribution in [0.4, 0.5) is 0 Å². The first-order valence-corrected chi connectivity index (χ1v) is 6.52. The largest absolute Gasteiger partial charge is 0.464 e. The monoisotopic (exact) mass is 298 g/mol. The van der Waals surface area contributed by atoms with Crippen molar-refractivity contribution >= 4 is 15.9 Å². The molecule has 1 aromatic heterocycles. The molecule has 0 saturated heterocycles. The molecule has 0 amide bonds. The van der Waals surface area contributed by atoms with Crippen LogP contribution in [0.25, 0.3) is 22.5 Å². The second kappa shape index (κ2) is 4.83. The van der Waals surface area contributed by atoms with Crippen LogP contribution >= 0.6 is 15.9 Å². The van der Waals surface area contributed by atoms with E-state index in [1.54, 1.807) is 6.26 Å². The van der Waals surface area contributed by atoms with Gasteiger partial charge >= 0.3 is 0 Å². The molecule has 1 nitrogen and oxygen atoms in total. The molecule has 2 heteroatoms. The Morgan fingerprint density at radius 2 is 1.44 bits per heavy atom. The first-order valence-electron chi connectivity index (χ1n) is 5.73. The lowest BCUT2D eigenvalue weighted by Crippen LogP contribution is -1.73. The second-order valence-corrected chi connectivity index (χ2v) is 4.99. The van der Waals surface area contributed by atoms with Gasteiger partial charge in [-0.2, -0.15) is 0 Å². The van der Waals surface area contributed by atoms with E-state index in [2.05, 4.69) is 34.1 Å². The summed E-state index contributed by atoms with van der Waals surface area (Å²) in [6, 6.07) is 20.4. The number of furan rings is 1. The molecule has 0 bridgehead atoms. The van der Waals surface area contributed by atoms with E-state index in [4.69, 9.17) is 4.42 Å². The van der Waals surface area contributed by atoms with Crippen LogP contribution in [-0.4, -0.2) is 0 Å². The third kappa shape index (κ3) is 2.24. The molecule has 0 atom stereocenters. The van der Waals surface area contributed by atoms with Gasteiger partial charge in [-0.15, -0.1) is 0 Å². The average molecular weight is 299 g/mol. The normalized spacial score (nSPS) is 10.5. The van der Waals surface area contributed by atoms with Gasteiger partial charge in [0.2, 0.25) is 0 Å². The Hall–Kier alpha value is -1.80. The predicted octanol–water partition coefficient (Wildman–Crippen LogP) is 5.38. The summed E-state index contributed by atoms with van der Waals surface area (Å²) in [4.78, 5) is 0. The number of hydrogen-bond donors (Lipinski definition) is 0. The van der Waals surface area contributed by atoms with Crippen molar-refractivity contribution in [2.24, 2.45) is 0 Å². The van der Waals surface area contributed by atoms with Gasteiger partial charge in [-0.1, -0.05) is 58.4 Å². The van der Waals surface area contributed by atoms with Gasteiger partial charge in [0, 0.05) is 15.6 Å². The van der Waals surface area contributed by atoms with E-state index >= 15 is 0 Å². The molecule has 18 heavy (non-hydrogen) atoms. The Morgan fingerprint density at radius 1 is 0.722 bits per heavy atom. The van der Waals surface area contributed by atoms with Gasteiger partial charge in [-0.05, 0) is 23.8 Å². The van der Waals surface area contributed by atoms with Crippen molar-refractivity contribution in [2.75, 3.05) is 0 Å². The van der Waals surface area contributed by atoms with Gasteiger partial charge < -0.3 is 4.42 Å². The molecule has 0 saturated carbocycles. The first kappa shape index (κ1) is 11.3. The summed E-state index contributed by atoms with van der Waals surface area (Å²) in [5, 5.41) is 0. The molecule has 0 fully saturated rings. The van der Waals surface area contributed by atoms with Crippen LogP contribution < -0.4 is 0 Å². The second-order valence-electron chi connectivity index (χ2n) is 4.07. The maximum atomic E-state index is 5.62. The standard InChI is InChI=1S/C16H11BrO/c17-15-8-6-12(7-9-15)14-10-16(18-11-14)13-4-2-1-3-5-13/h1-11H. The average Bonchev–Trinajstić information content (AvgIpc) is 2.90. The zero-order valence-electron chi connectivity index (χ0n) is 9.64. The van der Waals surface area contributed by atoms with Crippen molar-refractivity contribution in [3.8, 4) is 22.5 Å². The zero-order valence-corrected chi connectivity index (χ0v) is 11.2. The summed E-state index contributed by atoms with van der Waals surface area (Å²) in [7, 11) is 0. The molecular weight excluding hydrogens is 288 g/mol. The molecule has 88 valence electrons. The van der Waals surface area contributed by atoms with Gasteiger partial charge in [-0.3, -0.25) is 0 Å². The summed E-state index contributed by atoms with van der Waals surface area (Å²) < 4.78 is 6.71. The quantitative estimate of drug-likeness (QED) is 0.619. The highest BCUT2D eigenvalue weighted by Gasteiger charge is 2.05. The van der Waals surface area contributed by atoms with Crippen LogP contribution in [0.1, 0.15) is 0 Å². The number of rotatable bonds is 2. The van der Waals surface area contributed by atoms with Crippen LogP contribution in [0.15, 0.2) is 75.8 Å². The molecule has 0 radical (unpaired) electrons. The molecule has 3 aromatic rings. The van der Waals surface area contributed by atoms with Gasteiger partial charge in [0.15, 0.2) is 0 Å². The highest BCUT2D eigenvalue weighted by Crippen LogP contribution is 2.28. The Morgan fingerprint density at radius 3 is 2.17 bits per heavy atom. The summed E-state index contributed by atoms with van der Waals surface area (Å²) in [6.07, 6.45) is 1.80. The van der Waals surface area contributed by atoms with Gasteiger partial charge in [-0.25, -0.2) is 0 Å². The molecule has 3 rings (SSSR count). The van der Waals surface area contributed by atoms with E-state index in [9.17, 15) is 0 Å². The van der Waals surface area contributed by atoms with E-state index in [1.807, 2.05) is 42.5 Å². The van der Waals surface area contributed by atoms with Crippen molar-refractivity contribution in [1.29, 1.82) is 0 Å². The van der Waals surface area contributed by atoms with Crippen molar-refractivity contribution in [2.45, 2.75) is 0 Å². The third-order valence-corrected chi connectivity index (χ3v) is 3.36. The maximum Gasteiger partial charge on any atom is 0.134 e. The van der Waals surface area contributed by atoms with Crippen LogP contribution in [0.5, 0.6) is 0 Å². The maximum absolute atomic E-state index is 5.62. The Balaban J connectivity index is 1.97. The smallest absolute Gasteiger partial charge is 0.134 e. The fourth-order valence-electron chi connectivity index (χ4n) is 1.88.